The summed E-state index contributed by atoms with van der Waals surface area (Å²) in [4.78, 5) is 9.12. The molecule has 4 nitrogen and oxygen atoms in total. The molecular formula is C16H19ClN4. The molecule has 0 radical (unpaired) electrons. The van der Waals surface area contributed by atoms with Crippen molar-refractivity contribution in [1.82, 2.24) is 4.98 Å². The summed E-state index contributed by atoms with van der Waals surface area (Å²) in [7, 11) is 0. The normalized spacial score (nSPS) is 15.3. The quantitative estimate of drug-likeness (QED) is 0.946. The van der Waals surface area contributed by atoms with Crippen LogP contribution in [-0.4, -0.2) is 31.2 Å². The molecule has 1 fully saturated rings. The molecule has 0 aliphatic carbocycles. The van der Waals surface area contributed by atoms with Crippen LogP contribution in [0.5, 0.6) is 0 Å². The second kappa shape index (κ2) is 6.33. The van der Waals surface area contributed by atoms with Gasteiger partial charge in [0, 0.05) is 38.9 Å². The van der Waals surface area contributed by atoms with Crippen LogP contribution < -0.4 is 15.5 Å². The lowest BCUT2D eigenvalue weighted by molar-refractivity contribution is 0.647. The average Bonchev–Trinajstić information content (AvgIpc) is 2.56. The van der Waals surface area contributed by atoms with Crippen LogP contribution >= 0.6 is 11.6 Å². The summed E-state index contributed by atoms with van der Waals surface area (Å²) in [6.45, 7) is 4.32. The lowest BCUT2D eigenvalue weighted by atomic mass is 10.2. The van der Waals surface area contributed by atoms with Crippen molar-refractivity contribution in [2.75, 3.05) is 36.0 Å². The molecule has 3 rings (SSSR count). The molecule has 2 N–H and O–H groups in total. The maximum atomic E-state index is 6.26. The molecule has 0 bridgehead atoms. The van der Waals surface area contributed by atoms with Gasteiger partial charge in [-0.3, -0.25) is 0 Å². The molecule has 21 heavy (non-hydrogen) atoms. The number of hydrogen-bond acceptors (Lipinski definition) is 4. The van der Waals surface area contributed by atoms with Crippen LogP contribution in [0.25, 0.3) is 0 Å². The molecule has 1 aromatic heterocycles. The Morgan fingerprint density at radius 2 is 1.71 bits per heavy atom. The Morgan fingerprint density at radius 1 is 1.00 bits per heavy atom. The minimum atomic E-state index is 0.535. The van der Waals surface area contributed by atoms with Gasteiger partial charge in [0.2, 0.25) is 0 Å². The zero-order chi connectivity index (χ0) is 14.7. The van der Waals surface area contributed by atoms with Crippen molar-refractivity contribution in [1.29, 1.82) is 0 Å². The Bertz CT molecular complexity index is 591. The Balaban J connectivity index is 1.66. The van der Waals surface area contributed by atoms with Gasteiger partial charge in [-0.15, -0.1) is 0 Å². The number of para-hydroxylation sites is 1. The molecule has 0 atom stereocenters. The second-order valence-corrected chi connectivity index (χ2v) is 5.56. The number of piperazine rings is 1. The van der Waals surface area contributed by atoms with E-state index in [4.69, 9.17) is 17.3 Å². The summed E-state index contributed by atoms with van der Waals surface area (Å²) in [6.07, 6.45) is 1.86. The molecule has 5 heteroatoms. The molecule has 0 unspecified atom stereocenters. The molecular weight excluding hydrogens is 284 g/mol. The predicted octanol–water partition coefficient (Wildman–Crippen LogP) is 2.52. The number of nitrogens with zero attached hydrogens (tertiary/aromatic N) is 3. The van der Waals surface area contributed by atoms with Gasteiger partial charge < -0.3 is 15.5 Å². The number of benzene rings is 1. The van der Waals surface area contributed by atoms with Crippen molar-refractivity contribution >= 4 is 23.1 Å². The standard InChI is InChI=1S/C16H19ClN4/c17-14-3-1-2-4-15(14)20-7-9-21(10-8-20)16-6-5-13(11-18)12-19-16/h1-6,12H,7-11,18H2. The smallest absolute Gasteiger partial charge is 0.128 e. The Labute approximate surface area is 130 Å². The average molecular weight is 303 g/mol. The van der Waals surface area contributed by atoms with Crippen LogP contribution in [0.2, 0.25) is 5.02 Å². The van der Waals surface area contributed by atoms with Crippen molar-refractivity contribution in [3.8, 4) is 0 Å². The SMILES string of the molecule is NCc1ccc(N2CCN(c3ccccc3Cl)CC2)nc1. The fraction of sp³-hybridized carbons (Fsp3) is 0.312. The first-order valence-electron chi connectivity index (χ1n) is 7.17. The largest absolute Gasteiger partial charge is 0.367 e. The third kappa shape index (κ3) is 3.12. The maximum Gasteiger partial charge on any atom is 0.128 e. The first-order valence-corrected chi connectivity index (χ1v) is 7.55. The zero-order valence-corrected chi connectivity index (χ0v) is 12.6. The van der Waals surface area contributed by atoms with Gasteiger partial charge in [-0.25, -0.2) is 4.98 Å². The topological polar surface area (TPSA) is 45.4 Å². The minimum Gasteiger partial charge on any atom is -0.367 e. The predicted molar refractivity (Wildman–Crippen MR) is 88.0 cm³/mol. The highest BCUT2D eigenvalue weighted by Gasteiger charge is 2.19. The van der Waals surface area contributed by atoms with E-state index in [0.29, 0.717) is 6.54 Å². The van der Waals surface area contributed by atoms with E-state index >= 15 is 0 Å². The fourth-order valence-corrected chi connectivity index (χ4v) is 2.86. The number of anilines is 2. The van der Waals surface area contributed by atoms with Gasteiger partial charge in [-0.05, 0) is 23.8 Å². The van der Waals surface area contributed by atoms with E-state index in [9.17, 15) is 0 Å². The highest BCUT2D eigenvalue weighted by Crippen LogP contribution is 2.26. The summed E-state index contributed by atoms with van der Waals surface area (Å²) < 4.78 is 0. The van der Waals surface area contributed by atoms with Gasteiger partial charge in [0.25, 0.3) is 0 Å². The van der Waals surface area contributed by atoms with Gasteiger partial charge in [0.05, 0.1) is 10.7 Å². The molecule has 1 saturated heterocycles. The van der Waals surface area contributed by atoms with Crippen molar-refractivity contribution in [3.63, 3.8) is 0 Å². The summed E-state index contributed by atoms with van der Waals surface area (Å²) >= 11 is 6.26. The first kappa shape index (κ1) is 14.2. The zero-order valence-electron chi connectivity index (χ0n) is 11.9. The molecule has 110 valence electrons. The van der Waals surface area contributed by atoms with Gasteiger partial charge >= 0.3 is 0 Å². The number of nitrogens with two attached hydrogens (primary N) is 1. The number of pyridine rings is 1. The van der Waals surface area contributed by atoms with E-state index in [1.807, 2.05) is 36.5 Å². The van der Waals surface area contributed by atoms with Gasteiger partial charge in [-0.1, -0.05) is 29.8 Å². The number of aromatic nitrogens is 1. The molecule has 1 aromatic carbocycles. The molecule has 1 aliphatic rings. The molecule has 2 heterocycles. The summed E-state index contributed by atoms with van der Waals surface area (Å²) in [5.74, 6) is 1.02. The summed E-state index contributed by atoms with van der Waals surface area (Å²) in [6, 6.07) is 12.1. The van der Waals surface area contributed by atoms with Crippen molar-refractivity contribution in [2.24, 2.45) is 5.73 Å². The fourth-order valence-electron chi connectivity index (χ4n) is 2.61. The van der Waals surface area contributed by atoms with Crippen LogP contribution in [0, 0.1) is 0 Å². The van der Waals surface area contributed by atoms with Crippen LogP contribution in [0.15, 0.2) is 42.6 Å². The Kier molecular flexibility index (Phi) is 4.27. The highest BCUT2D eigenvalue weighted by atomic mass is 35.5. The second-order valence-electron chi connectivity index (χ2n) is 5.15. The Hall–Kier alpha value is -1.78. The van der Waals surface area contributed by atoms with Crippen molar-refractivity contribution in [3.05, 3.63) is 53.2 Å². The van der Waals surface area contributed by atoms with E-state index in [1.165, 1.54) is 0 Å². The van der Waals surface area contributed by atoms with E-state index in [2.05, 4.69) is 20.9 Å². The summed E-state index contributed by atoms with van der Waals surface area (Å²) in [5, 5.41) is 0.816. The van der Waals surface area contributed by atoms with Crippen LogP contribution in [0.3, 0.4) is 0 Å². The lowest BCUT2D eigenvalue weighted by Crippen LogP contribution is -2.46. The van der Waals surface area contributed by atoms with Gasteiger partial charge in [0.1, 0.15) is 5.82 Å². The van der Waals surface area contributed by atoms with E-state index in [-0.39, 0.29) is 0 Å². The van der Waals surface area contributed by atoms with E-state index in [1.54, 1.807) is 0 Å². The molecule has 2 aromatic rings. The van der Waals surface area contributed by atoms with Crippen LogP contribution in [0.1, 0.15) is 5.56 Å². The molecule has 0 spiro atoms. The van der Waals surface area contributed by atoms with E-state index < -0.39 is 0 Å². The van der Waals surface area contributed by atoms with Gasteiger partial charge in [0.15, 0.2) is 0 Å². The number of hydrogen-bond donors (Lipinski definition) is 1. The van der Waals surface area contributed by atoms with Crippen molar-refractivity contribution < 1.29 is 0 Å². The molecule has 0 amide bonds. The Morgan fingerprint density at radius 3 is 2.33 bits per heavy atom. The third-order valence-corrected chi connectivity index (χ3v) is 4.16. The van der Waals surface area contributed by atoms with Crippen LogP contribution in [0.4, 0.5) is 11.5 Å². The number of halogens is 1. The first-order chi connectivity index (χ1) is 10.3. The monoisotopic (exact) mass is 302 g/mol. The molecule has 1 aliphatic heterocycles. The lowest BCUT2D eigenvalue weighted by Gasteiger charge is -2.37. The summed E-state index contributed by atoms with van der Waals surface area (Å²) in [5.41, 5.74) is 7.78. The van der Waals surface area contributed by atoms with Crippen LogP contribution in [-0.2, 0) is 6.54 Å². The third-order valence-electron chi connectivity index (χ3n) is 3.84. The minimum absolute atomic E-state index is 0.535. The maximum absolute atomic E-state index is 6.26. The highest BCUT2D eigenvalue weighted by molar-refractivity contribution is 6.33. The number of rotatable bonds is 3. The molecule has 0 saturated carbocycles. The van der Waals surface area contributed by atoms with E-state index in [0.717, 1.165) is 48.3 Å². The van der Waals surface area contributed by atoms with Crippen molar-refractivity contribution in [2.45, 2.75) is 6.54 Å². The van der Waals surface area contributed by atoms with Gasteiger partial charge in [-0.2, -0.15) is 0 Å².